The van der Waals surface area contributed by atoms with Crippen LogP contribution >= 0.6 is 23.6 Å². The Labute approximate surface area is 199 Å². The molecule has 0 unspecified atom stereocenters. The van der Waals surface area contributed by atoms with E-state index in [1.807, 2.05) is 7.05 Å². The third-order valence-corrected chi connectivity index (χ3v) is 6.28. The predicted molar refractivity (Wildman–Crippen MR) is 126 cm³/mol. The third kappa shape index (κ3) is 6.49. The topological polar surface area (TPSA) is 120 Å². The van der Waals surface area contributed by atoms with Gasteiger partial charge in [0, 0.05) is 38.6 Å². The van der Waals surface area contributed by atoms with Crippen molar-refractivity contribution < 1.29 is 18.8 Å². The summed E-state index contributed by atoms with van der Waals surface area (Å²) >= 11 is 6.39. The molecule has 10 nitrogen and oxygen atoms in total. The Hall–Kier alpha value is -3.03. The highest BCUT2D eigenvalue weighted by molar-refractivity contribution is 7.82. The van der Waals surface area contributed by atoms with Crippen molar-refractivity contribution in [1.29, 1.82) is 0 Å². The molecule has 0 spiro atoms. The fourth-order valence-electron chi connectivity index (χ4n) is 3.06. The van der Waals surface area contributed by atoms with Gasteiger partial charge in [0.05, 0.1) is 11.9 Å². The van der Waals surface area contributed by atoms with Crippen molar-refractivity contribution in [2.24, 2.45) is 0 Å². The largest absolute Gasteiger partial charge is 0.369 e. The Kier molecular flexibility index (Phi) is 8.00. The highest BCUT2D eigenvalue weighted by Crippen LogP contribution is 2.24. The molecule has 0 fully saturated rings. The third-order valence-electron chi connectivity index (χ3n) is 4.80. The fourth-order valence-corrected chi connectivity index (χ4v) is 4.15. The molecule has 0 radical (unpaired) electrons. The summed E-state index contributed by atoms with van der Waals surface area (Å²) in [6, 6.07) is 1.46. The summed E-state index contributed by atoms with van der Waals surface area (Å²) in [5.74, 6) is -1.94. The van der Waals surface area contributed by atoms with E-state index in [1.165, 1.54) is 22.3 Å². The quantitative estimate of drug-likeness (QED) is 0.495. The lowest BCUT2D eigenvalue weighted by atomic mass is 10.2. The lowest BCUT2D eigenvalue weighted by molar-refractivity contribution is -0.130. The number of carbonyl (C=O) groups excluding carboxylic acids is 3. The minimum absolute atomic E-state index is 0.111. The molecule has 0 aromatic carbocycles. The molecule has 3 amide bonds. The summed E-state index contributed by atoms with van der Waals surface area (Å²) in [6.45, 7) is 1.46. The Morgan fingerprint density at radius 2 is 2.09 bits per heavy atom. The molecule has 0 bridgehead atoms. The highest BCUT2D eigenvalue weighted by Gasteiger charge is 2.27. The van der Waals surface area contributed by atoms with Crippen molar-refractivity contribution in [3.63, 3.8) is 0 Å². The van der Waals surface area contributed by atoms with Crippen molar-refractivity contribution in [3.05, 3.63) is 39.7 Å². The number of thiocarbonyl (C=S) groups is 1. The van der Waals surface area contributed by atoms with Crippen molar-refractivity contribution >= 4 is 52.1 Å². The summed E-state index contributed by atoms with van der Waals surface area (Å²) in [6.07, 6.45) is 1.78. The minimum Gasteiger partial charge on any atom is -0.369 e. The molecule has 1 atom stereocenters. The number of carbonyl (C=O) groups is 3. The second kappa shape index (κ2) is 10.7. The van der Waals surface area contributed by atoms with Gasteiger partial charge >= 0.3 is 0 Å². The first-order valence-electron chi connectivity index (χ1n) is 10.0. The van der Waals surface area contributed by atoms with Gasteiger partial charge in [-0.25, -0.2) is 14.4 Å². The van der Waals surface area contributed by atoms with E-state index in [9.17, 15) is 18.8 Å². The van der Waals surface area contributed by atoms with Crippen LogP contribution in [0, 0.1) is 5.82 Å². The number of amides is 3. The van der Waals surface area contributed by atoms with Crippen LogP contribution in [0.1, 0.15) is 20.4 Å². The van der Waals surface area contributed by atoms with Gasteiger partial charge in [0.15, 0.2) is 10.00 Å². The second-order valence-corrected chi connectivity index (χ2v) is 9.15. The van der Waals surface area contributed by atoms with Crippen LogP contribution in [0.5, 0.6) is 0 Å². The van der Waals surface area contributed by atoms with E-state index in [-0.39, 0.29) is 28.3 Å². The molecule has 3 rings (SSSR count). The predicted octanol–water partition coefficient (Wildman–Crippen LogP) is 0.407. The minimum atomic E-state index is -0.981. The summed E-state index contributed by atoms with van der Waals surface area (Å²) in [5.41, 5.74) is 0.875. The molecule has 13 heteroatoms. The summed E-state index contributed by atoms with van der Waals surface area (Å²) in [7, 11) is 5.11. The Balaban J connectivity index is 1.62. The standard InChI is InChI=1S/C20H24FN7O3S2/c1-27(2)20(31)12(9-23-18(32)16(29)26-15-5-4-11(21)8-22-15)24-17(30)19-25-13-10-28(3)7-6-14(13)33-19/h4-5,8,12H,6-7,9-10H2,1-3H3,(H,23,32)(H,24,30)(H,22,26,29)/t12-/m0/s1. The van der Waals surface area contributed by atoms with Crippen molar-refractivity contribution in [1.82, 2.24) is 30.4 Å². The molecule has 2 aromatic rings. The Morgan fingerprint density at radius 1 is 1.33 bits per heavy atom. The average molecular weight is 494 g/mol. The van der Waals surface area contributed by atoms with E-state index in [0.717, 1.165) is 35.8 Å². The molecular weight excluding hydrogens is 469 g/mol. The number of halogens is 1. The number of nitrogens with zero attached hydrogens (tertiary/aromatic N) is 4. The number of hydrogen-bond donors (Lipinski definition) is 3. The first-order chi connectivity index (χ1) is 15.6. The fraction of sp³-hybridized carbons (Fsp3) is 0.400. The van der Waals surface area contributed by atoms with Crippen LogP contribution in [-0.4, -0.2) is 82.8 Å². The van der Waals surface area contributed by atoms with E-state index in [4.69, 9.17) is 12.2 Å². The van der Waals surface area contributed by atoms with Crippen molar-refractivity contribution in [3.8, 4) is 0 Å². The summed E-state index contributed by atoms with van der Waals surface area (Å²) in [4.78, 5) is 50.1. The zero-order valence-corrected chi connectivity index (χ0v) is 20.0. The van der Waals surface area contributed by atoms with Crippen molar-refractivity contribution in [2.45, 2.75) is 19.0 Å². The van der Waals surface area contributed by atoms with Gasteiger partial charge in [0.2, 0.25) is 5.91 Å². The summed E-state index contributed by atoms with van der Waals surface area (Å²) in [5, 5.41) is 8.09. The van der Waals surface area contributed by atoms with E-state index >= 15 is 0 Å². The monoisotopic (exact) mass is 493 g/mol. The zero-order valence-electron chi connectivity index (χ0n) is 18.3. The number of fused-ring (bicyclic) bond motifs is 1. The van der Waals surface area contributed by atoms with Gasteiger partial charge in [0.1, 0.15) is 17.7 Å². The van der Waals surface area contributed by atoms with E-state index in [2.05, 4.69) is 30.8 Å². The maximum Gasteiger partial charge on any atom is 0.284 e. The molecule has 0 saturated carbocycles. The lowest BCUT2D eigenvalue weighted by Crippen LogP contribution is -2.53. The van der Waals surface area contributed by atoms with Gasteiger partial charge in [-0.2, -0.15) is 0 Å². The molecule has 1 aliphatic heterocycles. The molecule has 2 aromatic heterocycles. The van der Waals surface area contributed by atoms with Crippen LogP contribution in [0.15, 0.2) is 18.3 Å². The number of nitrogens with one attached hydrogen (secondary N) is 3. The lowest BCUT2D eigenvalue weighted by Gasteiger charge is -2.22. The van der Waals surface area contributed by atoms with Gasteiger partial charge in [0.25, 0.3) is 11.8 Å². The maximum absolute atomic E-state index is 13.0. The smallest absolute Gasteiger partial charge is 0.284 e. The number of hydrogen-bond acceptors (Lipinski definition) is 8. The van der Waals surface area contributed by atoms with E-state index < -0.39 is 23.7 Å². The first kappa shape index (κ1) is 24.6. The SMILES string of the molecule is CN1CCc2sc(C(=O)N[C@@H](CNC(=S)C(=O)Nc3ccc(F)cn3)C(=O)N(C)C)nc2C1. The van der Waals surface area contributed by atoms with Crippen LogP contribution in [-0.2, 0) is 22.6 Å². The zero-order chi connectivity index (χ0) is 24.1. The average Bonchev–Trinajstić information content (AvgIpc) is 3.20. The number of aromatic nitrogens is 2. The van der Waals surface area contributed by atoms with Gasteiger partial charge in [-0.3, -0.25) is 14.4 Å². The van der Waals surface area contributed by atoms with Gasteiger partial charge < -0.3 is 25.8 Å². The van der Waals surface area contributed by atoms with Crippen LogP contribution in [0.2, 0.25) is 0 Å². The molecular formula is C20H24FN7O3S2. The molecule has 0 saturated heterocycles. The van der Waals surface area contributed by atoms with Crippen molar-refractivity contribution in [2.75, 3.05) is 39.5 Å². The van der Waals surface area contributed by atoms with Gasteiger partial charge in [-0.1, -0.05) is 12.2 Å². The van der Waals surface area contributed by atoms with Crippen LogP contribution in [0.25, 0.3) is 0 Å². The number of thiazole rings is 1. The second-order valence-electron chi connectivity index (χ2n) is 7.66. The molecule has 176 valence electrons. The summed E-state index contributed by atoms with van der Waals surface area (Å²) < 4.78 is 13.0. The normalized spacial score (nSPS) is 14.1. The van der Waals surface area contributed by atoms with Gasteiger partial charge in [-0.15, -0.1) is 11.3 Å². The number of likely N-dealkylation sites (N-methyl/N-ethyl adjacent to an activating group) is 2. The van der Waals surface area contributed by atoms with Crippen LogP contribution in [0.4, 0.5) is 10.2 Å². The van der Waals surface area contributed by atoms with Crippen LogP contribution in [0.3, 0.4) is 0 Å². The number of anilines is 1. The van der Waals surface area contributed by atoms with E-state index in [1.54, 1.807) is 14.1 Å². The Bertz CT molecular complexity index is 1060. The molecule has 33 heavy (non-hydrogen) atoms. The van der Waals surface area contributed by atoms with Gasteiger partial charge in [-0.05, 0) is 25.6 Å². The number of pyridine rings is 1. The molecule has 3 heterocycles. The van der Waals surface area contributed by atoms with Crippen LogP contribution < -0.4 is 16.0 Å². The molecule has 3 N–H and O–H groups in total. The number of rotatable bonds is 6. The molecule has 1 aliphatic rings. The Morgan fingerprint density at radius 3 is 2.76 bits per heavy atom. The molecule has 0 aliphatic carbocycles. The maximum atomic E-state index is 13.0. The van der Waals surface area contributed by atoms with E-state index in [0.29, 0.717) is 6.54 Å². The highest BCUT2D eigenvalue weighted by atomic mass is 32.1. The first-order valence-corrected chi connectivity index (χ1v) is 11.3.